The van der Waals surface area contributed by atoms with Crippen LogP contribution in [0.3, 0.4) is 0 Å². The topological polar surface area (TPSA) is 167 Å². The van der Waals surface area contributed by atoms with Crippen LogP contribution >= 0.6 is 34.5 Å². The van der Waals surface area contributed by atoms with Gasteiger partial charge in [0.2, 0.25) is 23.6 Å². The predicted molar refractivity (Wildman–Crippen MR) is 232 cm³/mol. The summed E-state index contributed by atoms with van der Waals surface area (Å²) in [4.78, 5) is 85.9. The third kappa shape index (κ3) is 7.09. The summed E-state index contributed by atoms with van der Waals surface area (Å²) in [6.45, 7) is 0.234. The second kappa shape index (κ2) is 16.7. The van der Waals surface area contributed by atoms with Crippen molar-refractivity contribution in [3.8, 4) is 11.8 Å². The van der Waals surface area contributed by atoms with E-state index in [2.05, 4.69) is 38.1 Å². The van der Waals surface area contributed by atoms with Crippen molar-refractivity contribution < 1.29 is 33.2 Å². The molecule has 0 radical (unpaired) electrons. The number of ketones is 1. The number of rotatable bonds is 9. The zero-order valence-electron chi connectivity index (χ0n) is 33.4. The van der Waals surface area contributed by atoms with Crippen molar-refractivity contribution >= 4 is 80.7 Å². The van der Waals surface area contributed by atoms with E-state index in [0.29, 0.717) is 64.4 Å². The Bertz CT molecular complexity index is 2640. The number of piperidine rings is 1. The van der Waals surface area contributed by atoms with Crippen LogP contribution in [0.25, 0.3) is 0 Å². The van der Waals surface area contributed by atoms with Gasteiger partial charge in [-0.15, -0.1) is 0 Å². The van der Waals surface area contributed by atoms with Crippen LogP contribution in [0.1, 0.15) is 119 Å². The molecule has 1 saturated carbocycles. The Hall–Kier alpha value is -5.46. The first kappa shape index (κ1) is 41.9. The number of nitrogens with zero attached hydrogens (tertiary/aromatic N) is 2. The maximum absolute atomic E-state index is 16.2. The molecular formula is C46H41Cl2FN6O6S. The molecule has 2 saturated heterocycles. The van der Waals surface area contributed by atoms with Crippen molar-refractivity contribution in [2.24, 2.45) is 0 Å². The number of hydrogen-bond acceptors (Lipinski definition) is 9. The highest BCUT2D eigenvalue weighted by Crippen LogP contribution is 2.63. The minimum Gasteiger partial charge on any atom is -0.325 e. The molecule has 5 aliphatic rings. The molecule has 9 rings (SSSR count). The number of carbonyl (C=O) groups excluding carboxylic acids is 6. The molecule has 62 heavy (non-hydrogen) atoms. The van der Waals surface area contributed by atoms with Gasteiger partial charge in [-0.1, -0.05) is 89.9 Å². The predicted octanol–water partition coefficient (Wildman–Crippen LogP) is 7.43. The maximum Gasteiger partial charge on any atom is 0.255 e. The van der Waals surface area contributed by atoms with E-state index in [1.807, 2.05) is 6.07 Å². The Morgan fingerprint density at radius 3 is 2.61 bits per heavy atom. The van der Waals surface area contributed by atoms with Crippen LogP contribution in [0.5, 0.6) is 0 Å². The van der Waals surface area contributed by atoms with Crippen LogP contribution in [0.15, 0.2) is 60.8 Å². The lowest BCUT2D eigenvalue weighted by Gasteiger charge is -2.47. The molecular weight excluding hydrogens is 855 g/mol. The number of nitrogens with one attached hydrogen (secondary N) is 4. The number of aromatic nitrogens is 1. The Labute approximate surface area is 370 Å². The fourth-order valence-electron chi connectivity index (χ4n) is 10.3. The molecule has 5 heterocycles. The average Bonchev–Trinajstić information content (AvgIpc) is 4.00. The standard InChI is InChI=1S/C46H41Cl2FN6O6S/c47-26-16-17-30-32(22-26)51-43(61)46(30)37(28-13-9-14-31(48)38(28)49)39(54-45(46)20-6-3-7-21-45)41(59)53-44-50-23-35(62-44)34(56)15-5-2-1-4-10-25-11-8-12-27-29(25)24-55(42(27)60)33-18-19-36(57)52-40(33)58/h8-9,11-14,16-17,22-23,33,37,39,54H,1-3,5-7,15,18-21,24H2,(H,51,61)(H,50,53,59)(H,52,57,58)/t33?,37-,39+,46+/m0/s1. The smallest absolute Gasteiger partial charge is 0.255 e. The van der Waals surface area contributed by atoms with Crippen molar-refractivity contribution in [3.05, 3.63) is 109 Å². The van der Waals surface area contributed by atoms with Gasteiger partial charge in [0.1, 0.15) is 17.3 Å². The molecule has 2 spiro atoms. The van der Waals surface area contributed by atoms with Crippen molar-refractivity contribution in [2.45, 2.75) is 106 Å². The Morgan fingerprint density at radius 2 is 1.81 bits per heavy atom. The van der Waals surface area contributed by atoms with Crippen molar-refractivity contribution in [1.29, 1.82) is 0 Å². The summed E-state index contributed by atoms with van der Waals surface area (Å²) in [6.07, 6.45) is 7.54. The van der Waals surface area contributed by atoms with Gasteiger partial charge in [-0.25, -0.2) is 9.37 Å². The van der Waals surface area contributed by atoms with Crippen LogP contribution in [-0.4, -0.2) is 62.8 Å². The summed E-state index contributed by atoms with van der Waals surface area (Å²) >= 11 is 13.8. The summed E-state index contributed by atoms with van der Waals surface area (Å²) in [7, 11) is 0. The monoisotopic (exact) mass is 894 g/mol. The number of halogens is 3. The van der Waals surface area contributed by atoms with Crippen molar-refractivity contribution in [1.82, 2.24) is 20.5 Å². The number of anilines is 2. The van der Waals surface area contributed by atoms with Gasteiger partial charge in [0.05, 0.1) is 22.1 Å². The highest BCUT2D eigenvalue weighted by atomic mass is 35.5. The minimum atomic E-state index is -1.38. The third-order valence-corrected chi connectivity index (χ3v) is 14.6. The number of unbranched alkanes of at least 4 members (excludes halogenated alkanes) is 2. The van der Waals surface area contributed by atoms with Crippen molar-refractivity contribution in [3.63, 3.8) is 0 Å². The molecule has 4 aromatic rings. The Balaban J connectivity index is 0.871. The van der Waals surface area contributed by atoms with E-state index in [1.165, 1.54) is 17.2 Å². The zero-order chi connectivity index (χ0) is 43.3. The summed E-state index contributed by atoms with van der Waals surface area (Å²) in [5, 5.41) is 12.3. The highest BCUT2D eigenvalue weighted by molar-refractivity contribution is 7.17. The lowest BCUT2D eigenvalue weighted by molar-refractivity contribution is -0.137. The first-order chi connectivity index (χ1) is 29.9. The van der Waals surface area contributed by atoms with E-state index in [-0.39, 0.29) is 65.0 Å². The first-order valence-corrected chi connectivity index (χ1v) is 22.4. The molecule has 1 aromatic heterocycles. The Morgan fingerprint density at radius 1 is 1.00 bits per heavy atom. The average molecular weight is 896 g/mol. The molecule has 0 bridgehead atoms. The van der Waals surface area contributed by atoms with Gasteiger partial charge in [-0.3, -0.25) is 39.4 Å². The number of thiazole rings is 1. The second-order valence-corrected chi connectivity index (χ2v) is 18.4. The van der Waals surface area contributed by atoms with Crippen molar-refractivity contribution in [2.75, 3.05) is 10.6 Å². The fraction of sp³-hybridized carbons (Fsp3) is 0.370. The van der Waals surface area contributed by atoms with Gasteiger partial charge in [-0.05, 0) is 79.1 Å². The van der Waals surface area contributed by atoms with Gasteiger partial charge in [0, 0.05) is 59.1 Å². The van der Waals surface area contributed by atoms with E-state index in [1.54, 1.807) is 42.5 Å². The lowest BCUT2D eigenvalue weighted by Crippen LogP contribution is -2.60. The van der Waals surface area contributed by atoms with Gasteiger partial charge >= 0.3 is 0 Å². The molecule has 1 aliphatic carbocycles. The van der Waals surface area contributed by atoms with E-state index >= 15 is 4.39 Å². The quantitative estimate of drug-likeness (QED) is 0.0583. The molecule has 16 heteroatoms. The van der Waals surface area contributed by atoms with Crippen LogP contribution < -0.4 is 21.3 Å². The van der Waals surface area contributed by atoms with Gasteiger partial charge < -0.3 is 15.5 Å². The normalized spacial score (nSPS) is 23.5. The second-order valence-electron chi connectivity index (χ2n) is 16.5. The maximum atomic E-state index is 16.2. The molecule has 318 valence electrons. The van der Waals surface area contributed by atoms with Gasteiger partial charge in [0.25, 0.3) is 5.91 Å². The molecule has 4 N–H and O–H groups in total. The molecule has 12 nitrogen and oxygen atoms in total. The van der Waals surface area contributed by atoms with E-state index in [4.69, 9.17) is 23.2 Å². The number of fused-ring (bicyclic) bond motifs is 4. The zero-order valence-corrected chi connectivity index (χ0v) is 35.7. The number of amides is 5. The summed E-state index contributed by atoms with van der Waals surface area (Å²) in [6, 6.07) is 13.3. The van der Waals surface area contributed by atoms with Crippen LogP contribution in [0, 0.1) is 17.7 Å². The highest BCUT2D eigenvalue weighted by Gasteiger charge is 2.72. The number of Topliss-reactive ketones (excluding diaryl/α,β-unsaturated/α-hetero) is 1. The number of imide groups is 1. The molecule has 3 aromatic carbocycles. The largest absolute Gasteiger partial charge is 0.325 e. The SMILES string of the molecule is O=C1CCC(N2Cc3c(C#CCCCCC(=O)c4cnc(NC(=O)[C@@H]5NC6(CCCCC6)[C@@]6(C(=O)Nc7cc(Cl)ccc76)[C@H]5c5cccc(Cl)c5F)s4)cccc3C2=O)C(=O)N1. The Kier molecular flexibility index (Phi) is 11.3. The first-order valence-electron chi connectivity index (χ1n) is 20.8. The van der Waals surface area contributed by atoms with Gasteiger partial charge in [0.15, 0.2) is 10.9 Å². The summed E-state index contributed by atoms with van der Waals surface area (Å²) in [5.74, 6) is 2.54. The molecule has 1 unspecified atom stereocenters. The van der Waals surface area contributed by atoms with E-state index in [9.17, 15) is 28.8 Å². The van der Waals surface area contributed by atoms with Crippen LogP contribution in [-0.2, 0) is 31.1 Å². The number of carbonyl (C=O) groups is 6. The van der Waals surface area contributed by atoms with Crippen LogP contribution in [0.4, 0.5) is 15.2 Å². The van der Waals surface area contributed by atoms with E-state index in [0.717, 1.165) is 36.2 Å². The number of hydrogen-bond donors (Lipinski definition) is 4. The molecule has 3 fully saturated rings. The van der Waals surface area contributed by atoms with Crippen LogP contribution in [0.2, 0.25) is 10.0 Å². The molecule has 5 amide bonds. The minimum absolute atomic E-state index is 0.122. The third-order valence-electron chi connectivity index (χ3n) is 13.1. The summed E-state index contributed by atoms with van der Waals surface area (Å²) < 4.78 is 16.2. The number of benzene rings is 3. The summed E-state index contributed by atoms with van der Waals surface area (Å²) in [5.41, 5.74) is 0.977. The molecule has 4 aliphatic heterocycles. The lowest BCUT2D eigenvalue weighted by atomic mass is 9.55. The van der Waals surface area contributed by atoms with E-state index < -0.39 is 46.6 Å². The fourth-order valence-corrected chi connectivity index (χ4v) is 11.5. The molecule has 4 atom stereocenters. The van der Waals surface area contributed by atoms with Gasteiger partial charge in [-0.2, -0.15) is 0 Å².